The zero-order valence-electron chi connectivity index (χ0n) is 11.6. The number of benzene rings is 2. The van der Waals surface area contributed by atoms with Crippen molar-refractivity contribution < 1.29 is 18.1 Å². The quantitative estimate of drug-likeness (QED) is 0.520. The molecule has 0 saturated carbocycles. The fraction of sp³-hybridized carbons (Fsp3) is 0. The van der Waals surface area contributed by atoms with Crippen molar-refractivity contribution in [3.8, 4) is 0 Å². The highest BCUT2D eigenvalue weighted by Gasteiger charge is 2.19. The van der Waals surface area contributed by atoms with Crippen LogP contribution in [0, 0.1) is 27.6 Å². The number of halogens is 4. The Labute approximate surface area is 140 Å². The molecule has 0 unspecified atom stereocenters. The minimum atomic E-state index is -1.07. The van der Waals surface area contributed by atoms with Crippen LogP contribution in [0.3, 0.4) is 0 Å². The highest BCUT2D eigenvalue weighted by molar-refractivity contribution is 9.10. The van der Waals surface area contributed by atoms with Gasteiger partial charge in [-0.3, -0.25) is 10.1 Å². The molecule has 6 nitrogen and oxygen atoms in total. The number of hydrogen-bond acceptors (Lipinski definition) is 5. The molecular weight excluding hydrogens is 393 g/mol. The third kappa shape index (κ3) is 2.87. The Morgan fingerprint density at radius 1 is 1.04 bits per heavy atom. The number of hydrogen-bond donors (Lipinski definition) is 1. The van der Waals surface area contributed by atoms with Crippen LogP contribution >= 0.6 is 15.9 Å². The minimum Gasteiger partial charge on any atom is -0.335 e. The van der Waals surface area contributed by atoms with Crippen molar-refractivity contribution in [3.63, 3.8) is 0 Å². The summed E-state index contributed by atoms with van der Waals surface area (Å²) in [5, 5.41) is 13.3. The van der Waals surface area contributed by atoms with Crippen molar-refractivity contribution in [2.24, 2.45) is 0 Å². The number of rotatable bonds is 3. The van der Waals surface area contributed by atoms with Gasteiger partial charge >= 0.3 is 5.69 Å². The molecule has 0 saturated heterocycles. The van der Waals surface area contributed by atoms with E-state index in [1.807, 2.05) is 0 Å². The second kappa shape index (κ2) is 6.04. The van der Waals surface area contributed by atoms with Crippen molar-refractivity contribution in [1.29, 1.82) is 0 Å². The van der Waals surface area contributed by atoms with Crippen molar-refractivity contribution in [1.82, 2.24) is 9.97 Å². The third-order valence-electron chi connectivity index (χ3n) is 3.15. The van der Waals surface area contributed by atoms with Gasteiger partial charge < -0.3 is 5.32 Å². The van der Waals surface area contributed by atoms with Gasteiger partial charge in [0.05, 0.1) is 15.8 Å². The minimum absolute atomic E-state index is 0.0484. The predicted octanol–water partition coefficient (Wildman–Crippen LogP) is 4.46. The molecule has 10 heteroatoms. The molecule has 3 rings (SSSR count). The number of nitro groups is 1. The fourth-order valence-corrected chi connectivity index (χ4v) is 2.49. The van der Waals surface area contributed by atoms with Gasteiger partial charge in [-0.1, -0.05) is 15.9 Å². The van der Waals surface area contributed by atoms with Crippen LogP contribution in [0.25, 0.3) is 10.9 Å². The van der Waals surface area contributed by atoms with Gasteiger partial charge in [-0.2, -0.15) is 4.39 Å². The van der Waals surface area contributed by atoms with Crippen LogP contribution in [0.4, 0.5) is 30.4 Å². The van der Waals surface area contributed by atoms with E-state index in [0.29, 0.717) is 0 Å². The van der Waals surface area contributed by atoms with Gasteiger partial charge in [0.2, 0.25) is 5.82 Å². The maximum absolute atomic E-state index is 13.9. The zero-order valence-corrected chi connectivity index (χ0v) is 13.1. The second-order valence-electron chi connectivity index (χ2n) is 4.67. The largest absolute Gasteiger partial charge is 0.335 e. The van der Waals surface area contributed by atoms with Crippen LogP contribution in [0.1, 0.15) is 0 Å². The van der Waals surface area contributed by atoms with Crippen molar-refractivity contribution in [3.05, 3.63) is 62.6 Å². The molecule has 0 fully saturated rings. The van der Waals surface area contributed by atoms with E-state index in [2.05, 4.69) is 31.2 Å². The van der Waals surface area contributed by atoms with E-state index in [4.69, 9.17) is 0 Å². The first-order valence-corrected chi connectivity index (χ1v) is 7.16. The Bertz CT molecular complexity index is 961. The fourth-order valence-electron chi connectivity index (χ4n) is 2.09. The van der Waals surface area contributed by atoms with E-state index in [1.165, 1.54) is 0 Å². The smallest absolute Gasteiger partial charge is 0.305 e. The van der Waals surface area contributed by atoms with E-state index in [9.17, 15) is 23.3 Å². The molecule has 1 N–H and O–H groups in total. The Balaban J connectivity index is 2.17. The van der Waals surface area contributed by atoms with Crippen LogP contribution < -0.4 is 5.32 Å². The SMILES string of the molecule is O=[N+]([O-])c1cc2c(Nc3c(F)cc(Br)cc3F)ncnc2cc1F. The summed E-state index contributed by atoms with van der Waals surface area (Å²) in [5.41, 5.74) is -1.24. The maximum atomic E-state index is 13.9. The van der Waals surface area contributed by atoms with Crippen LogP contribution in [0.2, 0.25) is 0 Å². The van der Waals surface area contributed by atoms with E-state index < -0.39 is 33.7 Å². The molecule has 0 bridgehead atoms. The van der Waals surface area contributed by atoms with Gasteiger partial charge in [0, 0.05) is 16.6 Å². The molecule has 0 spiro atoms. The van der Waals surface area contributed by atoms with Crippen LogP contribution in [-0.2, 0) is 0 Å². The molecule has 3 aromatic rings. The predicted molar refractivity (Wildman–Crippen MR) is 83.5 cm³/mol. The molecule has 0 aliphatic carbocycles. The van der Waals surface area contributed by atoms with Gasteiger partial charge in [-0.15, -0.1) is 0 Å². The molecule has 0 aliphatic heterocycles. The van der Waals surface area contributed by atoms with Crippen LogP contribution in [-0.4, -0.2) is 14.9 Å². The van der Waals surface area contributed by atoms with E-state index in [0.717, 1.165) is 30.6 Å². The van der Waals surface area contributed by atoms with Gasteiger partial charge in [-0.25, -0.2) is 18.7 Å². The zero-order chi connectivity index (χ0) is 17.4. The first-order valence-electron chi connectivity index (χ1n) is 6.37. The topological polar surface area (TPSA) is 81.0 Å². The Hall–Kier alpha value is -2.75. The second-order valence-corrected chi connectivity index (χ2v) is 5.59. The average Bonchev–Trinajstić information content (AvgIpc) is 2.49. The highest BCUT2D eigenvalue weighted by atomic mass is 79.9. The van der Waals surface area contributed by atoms with Gasteiger partial charge in [0.15, 0.2) is 11.6 Å². The molecule has 0 amide bonds. The first kappa shape index (κ1) is 16.1. The molecule has 2 aromatic carbocycles. The third-order valence-corrected chi connectivity index (χ3v) is 3.61. The summed E-state index contributed by atoms with van der Waals surface area (Å²) in [5.74, 6) is -2.96. The molecule has 1 heterocycles. The number of nitro benzene ring substituents is 1. The number of nitrogens with one attached hydrogen (secondary N) is 1. The molecule has 0 radical (unpaired) electrons. The highest BCUT2D eigenvalue weighted by Crippen LogP contribution is 2.31. The molecule has 24 heavy (non-hydrogen) atoms. The normalized spacial score (nSPS) is 10.8. The number of aromatic nitrogens is 2. The lowest BCUT2D eigenvalue weighted by atomic mass is 10.2. The van der Waals surface area contributed by atoms with E-state index >= 15 is 0 Å². The van der Waals surface area contributed by atoms with Gasteiger partial charge in [-0.05, 0) is 12.1 Å². The first-order chi connectivity index (χ1) is 11.4. The Kier molecular flexibility index (Phi) is 4.06. The Morgan fingerprint density at radius 3 is 2.33 bits per heavy atom. The summed E-state index contributed by atoms with van der Waals surface area (Å²) < 4.78 is 41.7. The Morgan fingerprint density at radius 2 is 1.71 bits per heavy atom. The summed E-state index contributed by atoms with van der Waals surface area (Å²) >= 11 is 2.96. The summed E-state index contributed by atoms with van der Waals surface area (Å²) in [6.07, 6.45) is 1.05. The lowest BCUT2D eigenvalue weighted by Gasteiger charge is -2.10. The van der Waals surface area contributed by atoms with E-state index in [1.54, 1.807) is 0 Å². The maximum Gasteiger partial charge on any atom is 0.305 e. The van der Waals surface area contributed by atoms with Crippen molar-refractivity contribution in [2.75, 3.05) is 5.32 Å². The van der Waals surface area contributed by atoms with Crippen LogP contribution in [0.15, 0.2) is 35.1 Å². The van der Waals surface area contributed by atoms with Gasteiger partial charge in [0.1, 0.15) is 17.8 Å². The molecule has 1 aromatic heterocycles. The summed E-state index contributed by atoms with van der Waals surface area (Å²) in [7, 11) is 0. The standard InChI is InChI=1S/C14H6BrF3N4O2/c15-6-1-9(17)13(10(18)2-6)21-14-7-3-12(22(23)24)8(16)4-11(7)19-5-20-14/h1-5H,(H,19,20,21). The number of anilines is 2. The lowest BCUT2D eigenvalue weighted by molar-refractivity contribution is -0.387. The number of fused-ring (bicyclic) bond motifs is 1. The number of nitrogens with zero attached hydrogens (tertiary/aromatic N) is 3. The average molecular weight is 399 g/mol. The molecule has 0 aliphatic rings. The molecular formula is C14H6BrF3N4O2. The molecule has 0 atom stereocenters. The van der Waals surface area contributed by atoms with Crippen molar-refractivity contribution >= 4 is 44.0 Å². The van der Waals surface area contributed by atoms with E-state index in [-0.39, 0.29) is 21.2 Å². The van der Waals surface area contributed by atoms with Crippen molar-refractivity contribution in [2.45, 2.75) is 0 Å². The summed E-state index contributed by atoms with van der Waals surface area (Å²) in [4.78, 5) is 17.6. The lowest BCUT2D eigenvalue weighted by Crippen LogP contribution is -2.02. The van der Waals surface area contributed by atoms with Crippen LogP contribution in [0.5, 0.6) is 0 Å². The molecule has 122 valence electrons. The van der Waals surface area contributed by atoms with Gasteiger partial charge in [0.25, 0.3) is 0 Å². The summed E-state index contributed by atoms with van der Waals surface area (Å²) in [6.45, 7) is 0. The summed E-state index contributed by atoms with van der Waals surface area (Å²) in [6, 6.07) is 3.84. The monoisotopic (exact) mass is 398 g/mol.